The second-order valence-corrected chi connectivity index (χ2v) is 16.6. The SMILES string of the molecule is CC(C)(C)c1cc(-c2cc(-c3ccccc3)ccn2)[c-]c(-c2cccc3c2nc2c4c(O)c5c(cc4c4ccccc4n32)N2c3ccccc3OC3=CC=CC5C32)c1.[Pt]. The summed E-state index contributed by atoms with van der Waals surface area (Å²) in [7, 11) is 0. The van der Waals surface area contributed by atoms with E-state index in [4.69, 9.17) is 14.7 Å². The molecule has 2 aliphatic heterocycles. The Bertz CT molecular complexity index is 3290. The first-order chi connectivity index (χ1) is 28.3. The molecule has 3 aliphatic rings. The molecule has 12 rings (SSSR count). The molecular weight excluding hydrogens is 908 g/mol. The summed E-state index contributed by atoms with van der Waals surface area (Å²) in [5.41, 5.74) is 13.5. The summed E-state index contributed by atoms with van der Waals surface area (Å²) in [4.78, 5) is 12.7. The minimum Gasteiger partial charge on any atom is -0.507 e. The zero-order valence-corrected chi connectivity index (χ0v) is 34.8. The van der Waals surface area contributed by atoms with Crippen LogP contribution in [0.1, 0.15) is 37.8 Å². The van der Waals surface area contributed by atoms with Gasteiger partial charge in [-0.2, -0.15) is 0 Å². The molecule has 5 heterocycles. The number of pyridine rings is 2. The molecule has 0 amide bonds. The van der Waals surface area contributed by atoms with Crippen LogP contribution in [0.4, 0.5) is 11.4 Å². The van der Waals surface area contributed by atoms with Gasteiger partial charge in [0.15, 0.2) is 5.75 Å². The topological polar surface area (TPSA) is 62.9 Å². The average Bonchev–Trinajstić information content (AvgIpc) is 3.81. The van der Waals surface area contributed by atoms with Gasteiger partial charge < -0.3 is 14.7 Å². The first kappa shape index (κ1) is 35.7. The second-order valence-electron chi connectivity index (χ2n) is 16.6. The van der Waals surface area contributed by atoms with Crippen LogP contribution in [-0.4, -0.2) is 25.5 Å². The van der Waals surface area contributed by atoms with Crippen molar-refractivity contribution in [3.05, 3.63) is 175 Å². The van der Waals surface area contributed by atoms with Crippen molar-refractivity contribution in [2.24, 2.45) is 0 Å². The molecule has 1 aliphatic carbocycles. The molecule has 0 saturated carbocycles. The summed E-state index contributed by atoms with van der Waals surface area (Å²) in [6.07, 6.45) is 8.18. The van der Waals surface area contributed by atoms with Gasteiger partial charge in [0.05, 0.1) is 33.3 Å². The van der Waals surface area contributed by atoms with E-state index in [0.717, 1.165) is 100 Å². The van der Waals surface area contributed by atoms with Crippen molar-refractivity contribution >= 4 is 49.7 Å². The minimum absolute atomic E-state index is 0. The van der Waals surface area contributed by atoms with Crippen molar-refractivity contribution < 1.29 is 30.9 Å². The van der Waals surface area contributed by atoms with Crippen LogP contribution in [0.15, 0.2) is 158 Å². The number of fused-ring (bicyclic) bond motifs is 13. The summed E-state index contributed by atoms with van der Waals surface area (Å²) in [5, 5.41) is 15.5. The predicted molar refractivity (Wildman–Crippen MR) is 234 cm³/mol. The van der Waals surface area contributed by atoms with Crippen molar-refractivity contribution in [1.29, 1.82) is 0 Å². The van der Waals surface area contributed by atoms with E-state index in [1.165, 1.54) is 5.56 Å². The number of anilines is 2. The third kappa shape index (κ3) is 5.22. The van der Waals surface area contributed by atoms with Gasteiger partial charge in [-0.15, -0.1) is 29.3 Å². The molecule has 0 bridgehead atoms. The van der Waals surface area contributed by atoms with Gasteiger partial charge in [0.2, 0.25) is 0 Å². The van der Waals surface area contributed by atoms with Gasteiger partial charge in [0, 0.05) is 55.2 Å². The van der Waals surface area contributed by atoms with Crippen LogP contribution >= 0.6 is 0 Å². The molecule has 0 saturated heterocycles. The smallest absolute Gasteiger partial charge is 0.150 e. The standard InChI is InChI=1S/C52H37N4O2.Pt/c1-52(2,3)34-26-32(25-33(27-34)39-28-31(23-24-53-39)30-13-5-4-6-14-30)35-16-11-20-42-48(35)54-51-47-38(36-15-7-8-18-40(36)56(42)51)29-43-46(50(47)57)37-17-12-22-45-49(37)55(43)41-19-9-10-21-44(41)58-45;/h4-24,26-29,37,49,57H,1-3H3;/q-1;. The maximum absolute atomic E-state index is 12.8. The maximum Gasteiger partial charge on any atom is 0.150 e. The molecular formula is C52H37N4O2Pt-. The molecule has 0 radical (unpaired) electrons. The largest absolute Gasteiger partial charge is 0.507 e. The van der Waals surface area contributed by atoms with E-state index in [0.29, 0.717) is 0 Å². The average molecular weight is 945 g/mol. The van der Waals surface area contributed by atoms with Gasteiger partial charge in [-0.1, -0.05) is 123 Å². The quantitative estimate of drug-likeness (QED) is 0.141. The molecule has 3 aromatic heterocycles. The number of ether oxygens (including phenoxy) is 1. The van der Waals surface area contributed by atoms with Crippen LogP contribution in [0.25, 0.3) is 71.9 Å². The minimum atomic E-state index is -0.137. The molecule has 7 heteroatoms. The predicted octanol–water partition coefficient (Wildman–Crippen LogP) is 12.4. The molecule has 2 unspecified atom stereocenters. The Kier molecular flexibility index (Phi) is 7.86. The van der Waals surface area contributed by atoms with Crippen LogP contribution in [0, 0.1) is 6.07 Å². The molecule has 6 nitrogen and oxygen atoms in total. The first-order valence-corrected chi connectivity index (χ1v) is 19.9. The van der Waals surface area contributed by atoms with E-state index in [2.05, 4.69) is 157 Å². The number of phenolic OH excluding ortho intramolecular Hbond substituents is 1. The number of aromatic nitrogens is 3. The Morgan fingerprint density at radius 1 is 0.746 bits per heavy atom. The number of imidazole rings is 1. The number of hydrogen-bond acceptors (Lipinski definition) is 5. The number of allylic oxidation sites excluding steroid dienone is 2. The van der Waals surface area contributed by atoms with Crippen molar-refractivity contribution in [2.45, 2.75) is 38.1 Å². The fourth-order valence-corrected chi connectivity index (χ4v) is 9.52. The molecule has 9 aromatic rings. The van der Waals surface area contributed by atoms with Crippen LogP contribution in [-0.2, 0) is 26.5 Å². The number of benzene rings is 6. The molecule has 288 valence electrons. The number of rotatable bonds is 3. The third-order valence-corrected chi connectivity index (χ3v) is 12.3. The monoisotopic (exact) mass is 944 g/mol. The Labute approximate surface area is 356 Å². The summed E-state index contributed by atoms with van der Waals surface area (Å²) < 4.78 is 8.70. The number of hydrogen-bond donors (Lipinski definition) is 1. The summed E-state index contributed by atoms with van der Waals surface area (Å²) in [6.45, 7) is 6.73. The zero-order valence-electron chi connectivity index (χ0n) is 32.5. The summed E-state index contributed by atoms with van der Waals surface area (Å²) >= 11 is 0. The second kappa shape index (κ2) is 13.0. The van der Waals surface area contributed by atoms with Gasteiger partial charge in [0.25, 0.3) is 0 Å². The van der Waals surface area contributed by atoms with Crippen molar-refractivity contribution in [1.82, 2.24) is 14.4 Å². The summed E-state index contributed by atoms with van der Waals surface area (Å²) in [5.74, 6) is 1.86. The molecule has 1 N–H and O–H groups in total. The van der Waals surface area contributed by atoms with Gasteiger partial charge in [0.1, 0.15) is 23.2 Å². The molecule has 6 aromatic carbocycles. The normalized spacial score (nSPS) is 16.5. The van der Waals surface area contributed by atoms with Crippen molar-refractivity contribution in [3.8, 4) is 45.0 Å². The Balaban J connectivity index is 0.00000397. The first-order valence-electron chi connectivity index (χ1n) is 19.9. The van der Waals surface area contributed by atoms with E-state index in [-0.39, 0.29) is 44.2 Å². The van der Waals surface area contributed by atoms with Crippen LogP contribution < -0.4 is 9.64 Å². The van der Waals surface area contributed by atoms with Gasteiger partial charge in [-0.25, -0.2) is 4.98 Å². The van der Waals surface area contributed by atoms with Gasteiger partial charge in [-0.05, 0) is 59.0 Å². The zero-order chi connectivity index (χ0) is 38.9. The fourth-order valence-electron chi connectivity index (χ4n) is 9.52. The van der Waals surface area contributed by atoms with Gasteiger partial charge in [-0.3, -0.25) is 9.38 Å². The Hall–Kier alpha value is -6.49. The van der Waals surface area contributed by atoms with E-state index >= 15 is 0 Å². The third-order valence-electron chi connectivity index (χ3n) is 12.3. The van der Waals surface area contributed by atoms with Crippen molar-refractivity contribution in [3.63, 3.8) is 0 Å². The number of nitrogens with zero attached hydrogens (tertiary/aromatic N) is 4. The Morgan fingerprint density at radius 2 is 1.53 bits per heavy atom. The number of para-hydroxylation sites is 4. The van der Waals surface area contributed by atoms with E-state index in [1.54, 1.807) is 0 Å². The van der Waals surface area contributed by atoms with Crippen LogP contribution in [0.5, 0.6) is 11.5 Å². The number of aromatic hydroxyl groups is 1. The molecule has 0 fully saturated rings. The molecule has 59 heavy (non-hydrogen) atoms. The van der Waals surface area contributed by atoms with E-state index < -0.39 is 0 Å². The number of phenols is 1. The molecule has 2 atom stereocenters. The maximum atomic E-state index is 12.8. The van der Waals surface area contributed by atoms with E-state index in [1.807, 2.05) is 30.5 Å². The Morgan fingerprint density at radius 3 is 2.39 bits per heavy atom. The van der Waals surface area contributed by atoms with Gasteiger partial charge >= 0.3 is 0 Å². The van der Waals surface area contributed by atoms with E-state index in [9.17, 15) is 5.11 Å². The van der Waals surface area contributed by atoms with Crippen LogP contribution in [0.3, 0.4) is 0 Å². The van der Waals surface area contributed by atoms with Crippen molar-refractivity contribution in [2.75, 3.05) is 4.90 Å². The fraction of sp³-hybridized carbons (Fsp3) is 0.115. The molecule has 0 spiro atoms. The summed E-state index contributed by atoms with van der Waals surface area (Å²) in [6, 6.07) is 48.1. The van der Waals surface area contributed by atoms with Crippen LogP contribution in [0.2, 0.25) is 0 Å².